The van der Waals surface area contributed by atoms with E-state index < -0.39 is 6.04 Å². The van der Waals surface area contributed by atoms with Crippen LogP contribution < -0.4 is 20.1 Å². The van der Waals surface area contributed by atoms with Gasteiger partial charge in [-0.15, -0.1) is 0 Å². The Morgan fingerprint density at radius 3 is 1.96 bits per heavy atom. The van der Waals surface area contributed by atoms with Crippen LogP contribution in [0.5, 0.6) is 11.5 Å². The number of carbonyl (C=O) groups excluding carboxylic acids is 2. The van der Waals surface area contributed by atoms with E-state index in [0.717, 1.165) is 25.7 Å². The molecule has 0 saturated heterocycles. The zero-order valence-electron chi connectivity index (χ0n) is 17.5. The molecule has 28 heavy (non-hydrogen) atoms. The molecule has 1 aliphatic rings. The quantitative estimate of drug-likeness (QED) is 0.744. The zero-order chi connectivity index (χ0) is 20.5. The first-order chi connectivity index (χ1) is 13.4. The summed E-state index contributed by atoms with van der Waals surface area (Å²) < 4.78 is 10.5. The molecule has 0 heterocycles. The summed E-state index contributed by atoms with van der Waals surface area (Å²) in [6, 6.07) is 4.60. The molecule has 156 valence electrons. The molecule has 1 aromatic rings. The third kappa shape index (κ3) is 6.43. The second-order valence-corrected chi connectivity index (χ2v) is 7.85. The van der Waals surface area contributed by atoms with Gasteiger partial charge in [-0.2, -0.15) is 0 Å². The molecule has 1 aliphatic carbocycles. The lowest BCUT2D eigenvalue weighted by Gasteiger charge is -2.26. The molecule has 2 rings (SSSR count). The molecule has 1 unspecified atom stereocenters. The lowest BCUT2D eigenvalue weighted by atomic mass is 9.95. The van der Waals surface area contributed by atoms with Crippen LogP contribution in [0.1, 0.15) is 69.2 Å². The Hall–Kier alpha value is -2.24. The Morgan fingerprint density at radius 1 is 0.929 bits per heavy atom. The molecule has 0 spiro atoms. The Balaban J connectivity index is 2.06. The highest BCUT2D eigenvalue weighted by Crippen LogP contribution is 2.23. The third-order valence-corrected chi connectivity index (χ3v) is 5.30. The van der Waals surface area contributed by atoms with Gasteiger partial charge in [-0.1, -0.05) is 46.0 Å². The monoisotopic (exact) mass is 390 g/mol. The fourth-order valence-corrected chi connectivity index (χ4v) is 3.59. The van der Waals surface area contributed by atoms with Crippen LogP contribution in [-0.4, -0.2) is 38.1 Å². The number of methoxy groups -OCH3 is 2. The molecule has 2 N–H and O–H groups in total. The second-order valence-electron chi connectivity index (χ2n) is 7.85. The molecule has 0 aromatic heterocycles. The number of carbonyl (C=O) groups is 2. The Labute approximate surface area is 168 Å². The fraction of sp³-hybridized carbons (Fsp3) is 0.636. The van der Waals surface area contributed by atoms with E-state index in [9.17, 15) is 9.59 Å². The Kier molecular flexibility index (Phi) is 8.61. The SMILES string of the molecule is COc1cc(OC)cc(C(=O)NC(C(=O)NC2CCCCCCC2)C(C)C)c1. The average molecular weight is 391 g/mol. The van der Waals surface area contributed by atoms with E-state index in [1.807, 2.05) is 13.8 Å². The van der Waals surface area contributed by atoms with Gasteiger partial charge < -0.3 is 20.1 Å². The van der Waals surface area contributed by atoms with Crippen LogP contribution in [-0.2, 0) is 4.79 Å². The molecule has 0 aliphatic heterocycles. The average Bonchev–Trinajstić information content (AvgIpc) is 2.66. The van der Waals surface area contributed by atoms with Crippen LogP contribution in [0, 0.1) is 5.92 Å². The van der Waals surface area contributed by atoms with Crippen LogP contribution in [0.2, 0.25) is 0 Å². The Morgan fingerprint density at radius 2 is 1.46 bits per heavy atom. The summed E-state index contributed by atoms with van der Waals surface area (Å²) in [5.74, 6) is 0.617. The zero-order valence-corrected chi connectivity index (χ0v) is 17.5. The number of hydrogen-bond acceptors (Lipinski definition) is 4. The predicted octanol–water partition coefficient (Wildman–Crippen LogP) is 3.69. The van der Waals surface area contributed by atoms with Crippen LogP contribution in [0.25, 0.3) is 0 Å². The van der Waals surface area contributed by atoms with Crippen molar-refractivity contribution in [3.63, 3.8) is 0 Å². The number of hydrogen-bond donors (Lipinski definition) is 2. The third-order valence-electron chi connectivity index (χ3n) is 5.30. The van der Waals surface area contributed by atoms with Gasteiger partial charge in [0.1, 0.15) is 17.5 Å². The summed E-state index contributed by atoms with van der Waals surface area (Å²) in [4.78, 5) is 25.7. The number of nitrogens with one attached hydrogen (secondary N) is 2. The van der Waals surface area contributed by atoms with Gasteiger partial charge in [-0.25, -0.2) is 0 Å². The van der Waals surface area contributed by atoms with Crippen molar-refractivity contribution in [3.8, 4) is 11.5 Å². The standard InChI is InChI=1S/C22H34N2O4/c1-15(2)20(22(26)23-17-10-8-6-5-7-9-11-17)24-21(25)16-12-18(27-3)14-19(13-16)28-4/h12-15,17,20H,5-11H2,1-4H3,(H,23,26)(H,24,25). The molecular formula is C22H34N2O4. The van der Waals surface area contributed by atoms with E-state index in [4.69, 9.17) is 9.47 Å². The van der Waals surface area contributed by atoms with E-state index in [1.54, 1.807) is 18.2 Å². The molecule has 6 heteroatoms. The van der Waals surface area contributed by atoms with E-state index in [2.05, 4.69) is 10.6 Å². The number of benzene rings is 1. The van der Waals surface area contributed by atoms with Crippen LogP contribution >= 0.6 is 0 Å². The predicted molar refractivity (Wildman–Crippen MR) is 110 cm³/mol. The minimum absolute atomic E-state index is 0.0231. The smallest absolute Gasteiger partial charge is 0.252 e. The highest BCUT2D eigenvalue weighted by atomic mass is 16.5. The van der Waals surface area contributed by atoms with Crippen LogP contribution in [0.4, 0.5) is 0 Å². The molecular weight excluding hydrogens is 356 g/mol. The molecule has 1 saturated carbocycles. The minimum atomic E-state index is -0.588. The fourth-order valence-electron chi connectivity index (χ4n) is 3.59. The molecule has 0 bridgehead atoms. The largest absolute Gasteiger partial charge is 0.497 e. The summed E-state index contributed by atoms with van der Waals surface area (Å²) in [5, 5.41) is 6.06. The maximum atomic E-state index is 12.9. The normalized spacial score (nSPS) is 16.6. The molecule has 2 amide bonds. The van der Waals surface area contributed by atoms with Gasteiger partial charge in [0.2, 0.25) is 5.91 Å². The molecule has 1 atom stereocenters. The molecule has 0 radical (unpaired) electrons. The highest BCUT2D eigenvalue weighted by molar-refractivity contribution is 5.98. The first kappa shape index (κ1) is 22.1. The minimum Gasteiger partial charge on any atom is -0.497 e. The number of rotatable bonds is 7. The number of ether oxygens (including phenoxy) is 2. The van der Waals surface area contributed by atoms with Crippen molar-refractivity contribution >= 4 is 11.8 Å². The molecule has 6 nitrogen and oxygen atoms in total. The highest BCUT2D eigenvalue weighted by Gasteiger charge is 2.27. The molecule has 1 fully saturated rings. The first-order valence-electron chi connectivity index (χ1n) is 10.3. The van der Waals surface area contributed by atoms with E-state index in [0.29, 0.717) is 17.1 Å². The van der Waals surface area contributed by atoms with E-state index in [-0.39, 0.29) is 23.8 Å². The van der Waals surface area contributed by atoms with Gasteiger partial charge in [0.15, 0.2) is 0 Å². The van der Waals surface area contributed by atoms with Crippen molar-refractivity contribution in [2.45, 2.75) is 70.9 Å². The van der Waals surface area contributed by atoms with Crippen LogP contribution in [0.15, 0.2) is 18.2 Å². The van der Waals surface area contributed by atoms with Crippen LogP contribution in [0.3, 0.4) is 0 Å². The van der Waals surface area contributed by atoms with Crippen molar-refractivity contribution in [1.29, 1.82) is 0 Å². The molecule has 1 aromatic carbocycles. The summed E-state index contributed by atoms with van der Waals surface area (Å²) in [5.41, 5.74) is 0.403. The maximum absolute atomic E-state index is 12.9. The Bertz CT molecular complexity index is 630. The summed E-state index contributed by atoms with van der Waals surface area (Å²) >= 11 is 0. The lowest BCUT2D eigenvalue weighted by Crippen LogP contribution is -2.52. The first-order valence-corrected chi connectivity index (χ1v) is 10.3. The van der Waals surface area contributed by atoms with E-state index in [1.165, 1.54) is 33.5 Å². The number of amides is 2. The van der Waals surface area contributed by atoms with E-state index >= 15 is 0 Å². The van der Waals surface area contributed by atoms with Crippen molar-refractivity contribution in [3.05, 3.63) is 23.8 Å². The van der Waals surface area contributed by atoms with Crippen molar-refractivity contribution in [2.24, 2.45) is 5.92 Å². The topological polar surface area (TPSA) is 76.7 Å². The van der Waals surface area contributed by atoms with Gasteiger partial charge in [-0.3, -0.25) is 9.59 Å². The van der Waals surface area contributed by atoms with Gasteiger partial charge in [0, 0.05) is 17.7 Å². The van der Waals surface area contributed by atoms with Gasteiger partial charge in [0.05, 0.1) is 14.2 Å². The van der Waals surface area contributed by atoms with Crippen molar-refractivity contribution < 1.29 is 19.1 Å². The van der Waals surface area contributed by atoms with Crippen molar-refractivity contribution in [2.75, 3.05) is 14.2 Å². The maximum Gasteiger partial charge on any atom is 0.252 e. The van der Waals surface area contributed by atoms with Crippen molar-refractivity contribution in [1.82, 2.24) is 10.6 Å². The summed E-state index contributed by atoms with van der Waals surface area (Å²) in [6.07, 6.45) is 8.06. The lowest BCUT2D eigenvalue weighted by molar-refractivity contribution is -0.124. The summed E-state index contributed by atoms with van der Waals surface area (Å²) in [7, 11) is 3.08. The second kappa shape index (κ2) is 10.9. The van der Waals surface area contributed by atoms with Gasteiger partial charge >= 0.3 is 0 Å². The van der Waals surface area contributed by atoms with Gasteiger partial charge in [0.25, 0.3) is 5.91 Å². The summed E-state index contributed by atoms with van der Waals surface area (Å²) in [6.45, 7) is 3.88. The van der Waals surface area contributed by atoms with Gasteiger partial charge in [-0.05, 0) is 30.9 Å².